The van der Waals surface area contributed by atoms with Crippen LogP contribution in [-0.4, -0.2) is 18.6 Å². The highest BCUT2D eigenvalue weighted by molar-refractivity contribution is 6.32. The monoisotopic (exact) mass is 358 g/mol. The maximum absolute atomic E-state index is 10.9. The second-order valence-electron chi connectivity index (χ2n) is 4.93. The van der Waals surface area contributed by atoms with Crippen molar-refractivity contribution >= 4 is 28.9 Å². The Kier molecular flexibility index (Phi) is 5.98. The number of non-ortho nitro benzene ring substituents is 1. The van der Waals surface area contributed by atoms with Gasteiger partial charge in [-0.05, 0) is 30.2 Å². The molecule has 25 heavy (non-hydrogen) atoms. The van der Waals surface area contributed by atoms with Crippen LogP contribution in [-0.2, 0) is 0 Å². The molecule has 2 rings (SSSR count). The van der Waals surface area contributed by atoms with E-state index in [9.17, 15) is 15.4 Å². The summed E-state index contributed by atoms with van der Waals surface area (Å²) in [6, 6.07) is 11.2. The van der Waals surface area contributed by atoms with Crippen LogP contribution in [0.2, 0.25) is 5.02 Å². The fraction of sp³-hybridized carbons (Fsp3) is 0.167. The van der Waals surface area contributed by atoms with E-state index in [-0.39, 0.29) is 11.3 Å². The van der Waals surface area contributed by atoms with Crippen molar-refractivity contribution in [1.29, 1.82) is 5.26 Å². The maximum Gasteiger partial charge on any atom is 0.270 e. The van der Waals surface area contributed by atoms with Gasteiger partial charge in [-0.2, -0.15) is 5.26 Å². The molecule has 0 atom stereocenters. The summed E-state index contributed by atoms with van der Waals surface area (Å²) in [5.41, 5.74) is 1.14. The maximum atomic E-state index is 10.9. The lowest BCUT2D eigenvalue weighted by atomic mass is 10.0. The Balaban J connectivity index is 2.51. The molecule has 0 aliphatic carbocycles. The van der Waals surface area contributed by atoms with Gasteiger partial charge in [0.1, 0.15) is 0 Å². The quantitative estimate of drug-likeness (QED) is 0.323. The predicted octanol–water partition coefficient (Wildman–Crippen LogP) is 4.72. The van der Waals surface area contributed by atoms with Crippen molar-refractivity contribution in [3.8, 4) is 17.6 Å². The molecule has 0 fully saturated rings. The summed E-state index contributed by atoms with van der Waals surface area (Å²) in [5.74, 6) is 0.981. The molecule has 0 bridgehead atoms. The smallest absolute Gasteiger partial charge is 0.270 e. The number of rotatable bonds is 6. The topological polar surface area (TPSA) is 85.4 Å². The average Bonchev–Trinajstić information content (AvgIpc) is 2.61. The number of nitro groups is 1. The van der Waals surface area contributed by atoms with Crippen molar-refractivity contribution in [2.24, 2.45) is 0 Å². The number of hydrogen-bond donors (Lipinski definition) is 0. The first-order valence-electron chi connectivity index (χ1n) is 7.37. The first-order chi connectivity index (χ1) is 12.0. The van der Waals surface area contributed by atoms with Crippen LogP contribution in [0.25, 0.3) is 11.6 Å². The number of hydrogen-bond acceptors (Lipinski definition) is 5. The first-order valence-corrected chi connectivity index (χ1v) is 7.75. The van der Waals surface area contributed by atoms with Crippen molar-refractivity contribution in [1.82, 2.24) is 0 Å². The molecule has 0 amide bonds. The summed E-state index contributed by atoms with van der Waals surface area (Å²) in [4.78, 5) is 10.4. The molecule has 0 aliphatic heterocycles. The molecule has 0 N–H and O–H groups in total. The number of nitro benzene ring substituents is 1. The summed E-state index contributed by atoms with van der Waals surface area (Å²) in [6.07, 6.45) is 1.56. The molecule has 7 heteroatoms. The van der Waals surface area contributed by atoms with Gasteiger partial charge in [0.05, 0.1) is 35.3 Å². The Bertz CT molecular complexity index is 872. The third-order valence-corrected chi connectivity index (χ3v) is 3.70. The standard InChI is InChI=1S/C18H15ClN2O4/c1-3-25-18-10-16(19)13(9-17(18)24-2)7-14(11-20)12-5-4-6-15(8-12)21(22)23/h4-10H,3H2,1-2H3/b14-7-. The molecule has 0 saturated heterocycles. The second kappa shape index (κ2) is 8.18. The van der Waals surface area contributed by atoms with E-state index in [1.165, 1.54) is 25.3 Å². The SMILES string of the molecule is CCOc1cc(Cl)c(/C=C(/C#N)c2cccc([N+](=O)[O-])c2)cc1OC. The van der Waals surface area contributed by atoms with Gasteiger partial charge in [-0.15, -0.1) is 0 Å². The molecular weight excluding hydrogens is 344 g/mol. The Morgan fingerprint density at radius 2 is 2.12 bits per heavy atom. The lowest BCUT2D eigenvalue weighted by molar-refractivity contribution is -0.384. The van der Waals surface area contributed by atoms with Gasteiger partial charge in [0.2, 0.25) is 0 Å². The molecule has 0 unspecified atom stereocenters. The number of benzene rings is 2. The minimum atomic E-state index is -0.509. The van der Waals surface area contributed by atoms with E-state index in [1.54, 1.807) is 24.3 Å². The van der Waals surface area contributed by atoms with Crippen LogP contribution in [0.15, 0.2) is 36.4 Å². The predicted molar refractivity (Wildman–Crippen MR) is 95.8 cm³/mol. The van der Waals surface area contributed by atoms with Crippen molar-refractivity contribution in [2.45, 2.75) is 6.92 Å². The van der Waals surface area contributed by atoms with Crippen LogP contribution < -0.4 is 9.47 Å². The minimum absolute atomic E-state index is 0.0889. The van der Waals surface area contributed by atoms with Crippen molar-refractivity contribution in [3.63, 3.8) is 0 Å². The first kappa shape index (κ1) is 18.3. The highest BCUT2D eigenvalue weighted by atomic mass is 35.5. The molecule has 128 valence electrons. The number of ether oxygens (including phenoxy) is 2. The zero-order valence-electron chi connectivity index (χ0n) is 13.7. The van der Waals surface area contributed by atoms with E-state index in [2.05, 4.69) is 0 Å². The number of allylic oxidation sites excluding steroid dienone is 1. The molecule has 0 spiro atoms. The van der Waals surface area contributed by atoms with Crippen molar-refractivity contribution in [3.05, 3.63) is 62.7 Å². The van der Waals surface area contributed by atoms with Gasteiger partial charge in [-0.3, -0.25) is 10.1 Å². The molecule has 0 saturated carbocycles. The van der Waals surface area contributed by atoms with Crippen LogP contribution in [0.1, 0.15) is 18.1 Å². The lowest BCUT2D eigenvalue weighted by Crippen LogP contribution is -1.96. The van der Waals surface area contributed by atoms with Crippen molar-refractivity contribution in [2.75, 3.05) is 13.7 Å². The third kappa shape index (κ3) is 4.28. The van der Waals surface area contributed by atoms with Crippen LogP contribution in [0.4, 0.5) is 5.69 Å². The van der Waals surface area contributed by atoms with Crippen LogP contribution in [0.5, 0.6) is 11.5 Å². The molecule has 0 aromatic heterocycles. The van der Waals surface area contributed by atoms with Gasteiger partial charge in [-0.1, -0.05) is 23.7 Å². The summed E-state index contributed by atoms with van der Waals surface area (Å²) in [7, 11) is 1.50. The molecule has 0 radical (unpaired) electrons. The number of halogens is 1. The van der Waals surface area contributed by atoms with Gasteiger partial charge in [0, 0.05) is 18.2 Å². The fourth-order valence-corrected chi connectivity index (χ4v) is 2.42. The number of nitriles is 1. The van der Waals surface area contributed by atoms with E-state index in [0.29, 0.717) is 34.3 Å². The van der Waals surface area contributed by atoms with E-state index in [4.69, 9.17) is 21.1 Å². The van der Waals surface area contributed by atoms with Crippen LogP contribution in [0, 0.1) is 21.4 Å². The molecule has 0 heterocycles. The molecule has 2 aromatic carbocycles. The van der Waals surface area contributed by atoms with E-state index < -0.39 is 4.92 Å². The highest BCUT2D eigenvalue weighted by Crippen LogP contribution is 2.35. The van der Waals surface area contributed by atoms with Gasteiger partial charge in [0.25, 0.3) is 5.69 Å². The summed E-state index contributed by atoms with van der Waals surface area (Å²) >= 11 is 6.27. The molecule has 6 nitrogen and oxygen atoms in total. The van der Waals surface area contributed by atoms with Gasteiger partial charge in [0.15, 0.2) is 11.5 Å². The van der Waals surface area contributed by atoms with Gasteiger partial charge in [-0.25, -0.2) is 0 Å². The van der Waals surface area contributed by atoms with Gasteiger partial charge >= 0.3 is 0 Å². The molecule has 2 aromatic rings. The summed E-state index contributed by atoms with van der Waals surface area (Å²) in [5, 5.41) is 20.7. The number of methoxy groups -OCH3 is 1. The summed E-state index contributed by atoms with van der Waals surface area (Å²) < 4.78 is 10.7. The average molecular weight is 359 g/mol. The molecular formula is C18H15ClN2O4. The Labute approximate surface area is 150 Å². The normalized spacial score (nSPS) is 10.9. The largest absolute Gasteiger partial charge is 0.493 e. The zero-order chi connectivity index (χ0) is 18.4. The summed E-state index contributed by atoms with van der Waals surface area (Å²) in [6.45, 7) is 2.30. The van der Waals surface area contributed by atoms with E-state index in [0.717, 1.165) is 0 Å². The Hall–Kier alpha value is -3.04. The third-order valence-electron chi connectivity index (χ3n) is 3.37. The van der Waals surface area contributed by atoms with Crippen LogP contribution >= 0.6 is 11.6 Å². The zero-order valence-corrected chi connectivity index (χ0v) is 14.4. The van der Waals surface area contributed by atoms with E-state index in [1.807, 2.05) is 13.0 Å². The number of nitrogens with zero attached hydrogens (tertiary/aromatic N) is 2. The minimum Gasteiger partial charge on any atom is -0.493 e. The Morgan fingerprint density at radius 1 is 1.36 bits per heavy atom. The van der Waals surface area contributed by atoms with E-state index >= 15 is 0 Å². The second-order valence-corrected chi connectivity index (χ2v) is 5.34. The highest BCUT2D eigenvalue weighted by Gasteiger charge is 2.12. The lowest BCUT2D eigenvalue weighted by Gasteiger charge is -2.11. The van der Waals surface area contributed by atoms with Crippen LogP contribution in [0.3, 0.4) is 0 Å². The fourth-order valence-electron chi connectivity index (χ4n) is 2.21. The molecule has 0 aliphatic rings. The Morgan fingerprint density at radius 3 is 2.72 bits per heavy atom. The van der Waals surface area contributed by atoms with Crippen molar-refractivity contribution < 1.29 is 14.4 Å². The van der Waals surface area contributed by atoms with Gasteiger partial charge < -0.3 is 9.47 Å².